The molecule has 0 aromatic carbocycles. The van der Waals surface area contributed by atoms with Crippen molar-refractivity contribution in [2.75, 3.05) is 20.1 Å². The van der Waals surface area contributed by atoms with Crippen molar-refractivity contribution in [3.8, 4) is 0 Å². The third-order valence-electron chi connectivity index (χ3n) is 4.54. The summed E-state index contributed by atoms with van der Waals surface area (Å²) in [6, 6.07) is 1.57. The molecule has 1 fully saturated rings. The Balaban J connectivity index is 2.09. The van der Waals surface area contributed by atoms with Crippen LogP contribution >= 0.6 is 0 Å². The standard InChI is InChI=1S/C16H34N2/c1-5-16(14(2)3)17-12-9-13-18(4)15-10-7-6-8-11-15/h14-17H,5-13H2,1-4H3. The van der Waals surface area contributed by atoms with Crippen LogP contribution in [0.5, 0.6) is 0 Å². The molecule has 0 radical (unpaired) electrons. The van der Waals surface area contributed by atoms with Gasteiger partial charge in [-0.15, -0.1) is 0 Å². The van der Waals surface area contributed by atoms with Crippen LogP contribution in [-0.4, -0.2) is 37.1 Å². The lowest BCUT2D eigenvalue weighted by Crippen LogP contribution is -2.37. The number of rotatable bonds is 8. The van der Waals surface area contributed by atoms with Gasteiger partial charge in [0.25, 0.3) is 0 Å². The lowest BCUT2D eigenvalue weighted by molar-refractivity contribution is 0.188. The molecule has 2 nitrogen and oxygen atoms in total. The van der Waals surface area contributed by atoms with E-state index in [1.807, 2.05) is 0 Å². The smallest absolute Gasteiger partial charge is 0.00922 e. The maximum atomic E-state index is 3.70. The van der Waals surface area contributed by atoms with Gasteiger partial charge in [-0.1, -0.05) is 40.0 Å². The van der Waals surface area contributed by atoms with Gasteiger partial charge in [-0.2, -0.15) is 0 Å². The molecule has 1 aliphatic rings. The molecule has 0 heterocycles. The summed E-state index contributed by atoms with van der Waals surface area (Å²) in [5, 5.41) is 3.70. The molecule has 1 aliphatic carbocycles. The molecule has 1 atom stereocenters. The lowest BCUT2D eigenvalue weighted by Gasteiger charge is -2.31. The predicted molar refractivity (Wildman–Crippen MR) is 81.0 cm³/mol. The topological polar surface area (TPSA) is 15.3 Å². The van der Waals surface area contributed by atoms with E-state index >= 15 is 0 Å². The van der Waals surface area contributed by atoms with Crippen LogP contribution in [0.15, 0.2) is 0 Å². The van der Waals surface area contributed by atoms with Gasteiger partial charge < -0.3 is 10.2 Å². The molecular weight excluding hydrogens is 220 g/mol. The highest BCUT2D eigenvalue weighted by atomic mass is 15.1. The zero-order chi connectivity index (χ0) is 13.4. The summed E-state index contributed by atoms with van der Waals surface area (Å²) in [6.07, 6.45) is 9.73. The fourth-order valence-corrected chi connectivity index (χ4v) is 3.17. The predicted octanol–water partition coefficient (Wildman–Crippen LogP) is 3.67. The first kappa shape index (κ1) is 16.0. The summed E-state index contributed by atoms with van der Waals surface area (Å²) < 4.78 is 0. The summed E-state index contributed by atoms with van der Waals surface area (Å²) in [7, 11) is 2.32. The molecule has 2 heteroatoms. The average Bonchev–Trinajstić information content (AvgIpc) is 2.39. The highest BCUT2D eigenvalue weighted by Gasteiger charge is 2.17. The summed E-state index contributed by atoms with van der Waals surface area (Å²) in [5.41, 5.74) is 0. The van der Waals surface area contributed by atoms with Gasteiger partial charge in [0.1, 0.15) is 0 Å². The van der Waals surface area contributed by atoms with Gasteiger partial charge in [0, 0.05) is 12.1 Å². The highest BCUT2D eigenvalue weighted by molar-refractivity contribution is 4.74. The van der Waals surface area contributed by atoms with Crippen LogP contribution in [0.25, 0.3) is 0 Å². The van der Waals surface area contributed by atoms with Gasteiger partial charge >= 0.3 is 0 Å². The quantitative estimate of drug-likeness (QED) is 0.665. The summed E-state index contributed by atoms with van der Waals surface area (Å²) in [5.74, 6) is 0.756. The number of nitrogens with zero attached hydrogens (tertiary/aromatic N) is 1. The summed E-state index contributed by atoms with van der Waals surface area (Å²) in [4.78, 5) is 2.59. The maximum Gasteiger partial charge on any atom is 0.00922 e. The van der Waals surface area contributed by atoms with E-state index in [0.29, 0.717) is 6.04 Å². The zero-order valence-corrected chi connectivity index (χ0v) is 13.0. The molecule has 0 aromatic heterocycles. The van der Waals surface area contributed by atoms with Crippen molar-refractivity contribution in [3.05, 3.63) is 0 Å². The zero-order valence-electron chi connectivity index (χ0n) is 13.0. The monoisotopic (exact) mass is 254 g/mol. The van der Waals surface area contributed by atoms with Crippen molar-refractivity contribution in [2.24, 2.45) is 5.92 Å². The van der Waals surface area contributed by atoms with Gasteiger partial charge in [-0.25, -0.2) is 0 Å². The Hall–Kier alpha value is -0.0800. The second kappa shape index (κ2) is 8.92. The first-order valence-electron chi connectivity index (χ1n) is 8.08. The van der Waals surface area contributed by atoms with E-state index in [2.05, 4.69) is 38.0 Å². The van der Waals surface area contributed by atoms with Gasteiger partial charge in [-0.3, -0.25) is 0 Å². The number of hydrogen-bond acceptors (Lipinski definition) is 2. The fourth-order valence-electron chi connectivity index (χ4n) is 3.17. The van der Waals surface area contributed by atoms with Gasteiger partial charge in [-0.05, 0) is 51.7 Å². The minimum atomic E-state index is 0.699. The Morgan fingerprint density at radius 3 is 2.39 bits per heavy atom. The van der Waals surface area contributed by atoms with Gasteiger partial charge in [0.05, 0.1) is 0 Å². The fraction of sp³-hybridized carbons (Fsp3) is 1.00. The second-order valence-corrected chi connectivity index (χ2v) is 6.34. The summed E-state index contributed by atoms with van der Waals surface area (Å²) >= 11 is 0. The Bertz CT molecular complexity index is 197. The molecule has 1 saturated carbocycles. The van der Waals surface area contributed by atoms with Gasteiger partial charge in [0.2, 0.25) is 0 Å². The van der Waals surface area contributed by atoms with E-state index in [9.17, 15) is 0 Å². The normalized spacial score (nSPS) is 19.7. The van der Waals surface area contributed by atoms with Crippen molar-refractivity contribution in [1.82, 2.24) is 10.2 Å². The van der Waals surface area contributed by atoms with Crippen molar-refractivity contribution in [1.29, 1.82) is 0 Å². The van der Waals surface area contributed by atoms with Crippen molar-refractivity contribution < 1.29 is 0 Å². The third kappa shape index (κ3) is 5.71. The Kier molecular flexibility index (Phi) is 7.92. The van der Waals surface area contributed by atoms with Crippen LogP contribution in [0, 0.1) is 5.92 Å². The largest absolute Gasteiger partial charge is 0.314 e. The summed E-state index contributed by atoms with van der Waals surface area (Å²) in [6.45, 7) is 9.34. The molecule has 1 unspecified atom stereocenters. The van der Waals surface area contributed by atoms with E-state index in [1.54, 1.807) is 0 Å². The van der Waals surface area contributed by atoms with Crippen molar-refractivity contribution >= 4 is 0 Å². The molecule has 0 bridgehead atoms. The van der Waals surface area contributed by atoms with Crippen LogP contribution in [0.1, 0.15) is 65.7 Å². The Morgan fingerprint density at radius 1 is 1.17 bits per heavy atom. The number of hydrogen-bond donors (Lipinski definition) is 1. The Labute approximate surface area is 115 Å². The first-order chi connectivity index (χ1) is 8.65. The molecule has 0 saturated heterocycles. The SMILES string of the molecule is CCC(NCCCN(C)C1CCCCC1)C(C)C. The molecule has 0 aliphatic heterocycles. The molecule has 0 aromatic rings. The lowest BCUT2D eigenvalue weighted by atomic mass is 9.94. The van der Waals surface area contributed by atoms with Crippen LogP contribution in [0.4, 0.5) is 0 Å². The Morgan fingerprint density at radius 2 is 1.83 bits per heavy atom. The van der Waals surface area contributed by atoms with E-state index in [-0.39, 0.29) is 0 Å². The van der Waals surface area contributed by atoms with E-state index in [4.69, 9.17) is 0 Å². The minimum Gasteiger partial charge on any atom is -0.314 e. The van der Waals surface area contributed by atoms with Crippen LogP contribution < -0.4 is 5.32 Å². The molecule has 0 amide bonds. The number of nitrogens with one attached hydrogen (secondary N) is 1. The third-order valence-corrected chi connectivity index (χ3v) is 4.54. The van der Waals surface area contributed by atoms with E-state index < -0.39 is 0 Å². The molecular formula is C16H34N2. The van der Waals surface area contributed by atoms with Crippen molar-refractivity contribution in [3.63, 3.8) is 0 Å². The van der Waals surface area contributed by atoms with Crippen LogP contribution in [-0.2, 0) is 0 Å². The van der Waals surface area contributed by atoms with E-state index in [1.165, 1.54) is 58.0 Å². The van der Waals surface area contributed by atoms with Crippen LogP contribution in [0.3, 0.4) is 0 Å². The van der Waals surface area contributed by atoms with Crippen molar-refractivity contribution in [2.45, 2.75) is 77.8 Å². The molecule has 18 heavy (non-hydrogen) atoms. The first-order valence-corrected chi connectivity index (χ1v) is 8.08. The average molecular weight is 254 g/mol. The second-order valence-electron chi connectivity index (χ2n) is 6.34. The molecule has 1 N–H and O–H groups in total. The maximum absolute atomic E-state index is 3.70. The molecule has 0 spiro atoms. The minimum absolute atomic E-state index is 0.699. The van der Waals surface area contributed by atoms with E-state index in [0.717, 1.165) is 12.0 Å². The highest BCUT2D eigenvalue weighted by Crippen LogP contribution is 2.21. The molecule has 108 valence electrons. The molecule has 1 rings (SSSR count). The van der Waals surface area contributed by atoms with Crippen LogP contribution in [0.2, 0.25) is 0 Å². The van der Waals surface area contributed by atoms with Gasteiger partial charge in [0.15, 0.2) is 0 Å².